The first-order chi connectivity index (χ1) is 16.6. The van der Waals surface area contributed by atoms with Crippen LogP contribution in [0.15, 0.2) is 55.1 Å². The number of amides is 1. The van der Waals surface area contributed by atoms with Crippen molar-refractivity contribution in [3.8, 4) is 11.1 Å². The molecule has 0 bridgehead atoms. The molecule has 2 aromatic carbocycles. The highest BCUT2D eigenvalue weighted by Gasteiger charge is 2.23. The molecule has 5 aromatic rings. The zero-order chi connectivity index (χ0) is 23.2. The van der Waals surface area contributed by atoms with E-state index in [0.29, 0.717) is 41.7 Å². The summed E-state index contributed by atoms with van der Waals surface area (Å²) in [5.41, 5.74) is 18.9. The van der Waals surface area contributed by atoms with Gasteiger partial charge in [-0.15, -0.1) is 0 Å². The quantitative estimate of drug-likeness (QED) is 0.312. The Balaban J connectivity index is 1.39. The molecule has 1 aliphatic rings. The number of imidazole rings is 1. The molecule has 1 fully saturated rings. The molecule has 0 radical (unpaired) electrons. The number of aromatic amines is 1. The van der Waals surface area contributed by atoms with E-state index in [1.54, 1.807) is 6.33 Å². The first-order valence-corrected chi connectivity index (χ1v) is 11.3. The van der Waals surface area contributed by atoms with Crippen molar-refractivity contribution in [3.63, 3.8) is 0 Å². The molecule has 3 heterocycles. The predicted octanol–water partition coefficient (Wildman–Crippen LogP) is 2.96. The van der Waals surface area contributed by atoms with Crippen LogP contribution in [-0.2, 0) is 13.1 Å². The Morgan fingerprint density at radius 2 is 1.91 bits per heavy atom. The number of fused-ring (bicyclic) bond motifs is 2. The number of benzene rings is 2. The maximum atomic E-state index is 12.4. The summed E-state index contributed by atoms with van der Waals surface area (Å²) < 4.78 is 1.96. The van der Waals surface area contributed by atoms with Gasteiger partial charge in [-0.1, -0.05) is 12.1 Å². The Kier molecular flexibility index (Phi) is 4.77. The van der Waals surface area contributed by atoms with Crippen LogP contribution in [0.1, 0.15) is 34.5 Å². The van der Waals surface area contributed by atoms with E-state index in [1.807, 2.05) is 28.8 Å². The minimum absolute atomic E-state index is 0.0170. The van der Waals surface area contributed by atoms with Crippen LogP contribution in [0.3, 0.4) is 0 Å². The zero-order valence-corrected chi connectivity index (χ0v) is 18.5. The van der Waals surface area contributed by atoms with E-state index in [4.69, 9.17) is 11.5 Å². The number of nitrogens with one attached hydrogen (secondary N) is 2. The molecule has 6 rings (SSSR count). The van der Waals surface area contributed by atoms with Gasteiger partial charge in [0.1, 0.15) is 11.8 Å². The normalized spacial score (nSPS) is 13.6. The molecule has 0 aliphatic heterocycles. The lowest BCUT2D eigenvalue weighted by molar-refractivity contribution is 0.0951. The second kappa shape index (κ2) is 7.96. The Bertz CT molecular complexity index is 1530. The Labute approximate surface area is 195 Å². The maximum Gasteiger partial charge on any atom is 0.251 e. The number of carbonyl (C=O) groups is 1. The fourth-order valence-electron chi connectivity index (χ4n) is 4.29. The maximum absolute atomic E-state index is 12.4. The number of anilines is 1. The van der Waals surface area contributed by atoms with Gasteiger partial charge in [0.2, 0.25) is 0 Å². The number of H-pyrrole nitrogens is 1. The van der Waals surface area contributed by atoms with Crippen molar-refractivity contribution in [1.82, 2.24) is 29.8 Å². The Morgan fingerprint density at radius 1 is 1.09 bits per heavy atom. The molecular weight excluding hydrogens is 428 g/mol. The van der Waals surface area contributed by atoms with Crippen molar-refractivity contribution in [1.29, 1.82) is 0 Å². The van der Waals surface area contributed by atoms with E-state index in [2.05, 4.69) is 43.5 Å². The Morgan fingerprint density at radius 3 is 2.68 bits per heavy atom. The summed E-state index contributed by atoms with van der Waals surface area (Å²) in [4.78, 5) is 28.6. The molecular formula is C25H24N8O. The molecule has 9 nitrogen and oxygen atoms in total. The second-order valence-corrected chi connectivity index (χ2v) is 8.73. The van der Waals surface area contributed by atoms with Crippen LogP contribution in [-0.4, -0.2) is 36.5 Å². The van der Waals surface area contributed by atoms with E-state index < -0.39 is 0 Å². The number of aromatic nitrogens is 5. The Hall–Kier alpha value is -4.24. The number of carbonyl (C=O) groups excluding carboxylic acids is 1. The molecule has 0 atom stereocenters. The summed E-state index contributed by atoms with van der Waals surface area (Å²) in [6.07, 6.45) is 5.32. The van der Waals surface area contributed by atoms with Crippen molar-refractivity contribution in [2.24, 2.45) is 5.73 Å². The van der Waals surface area contributed by atoms with Crippen LogP contribution in [0.2, 0.25) is 0 Å². The molecule has 0 saturated heterocycles. The summed E-state index contributed by atoms with van der Waals surface area (Å²) in [5, 5.41) is 4.10. The smallest absolute Gasteiger partial charge is 0.251 e. The minimum Gasteiger partial charge on any atom is -0.382 e. The van der Waals surface area contributed by atoms with Crippen molar-refractivity contribution in [3.05, 3.63) is 71.9 Å². The van der Waals surface area contributed by atoms with Crippen molar-refractivity contribution in [2.45, 2.75) is 32.0 Å². The lowest BCUT2D eigenvalue weighted by atomic mass is 9.99. The SMILES string of the molecule is NCc1cc2cc(-c3ccc(C(=O)NC4CC4)cc3)cc(Cn3cnc4c(N)ncnc43)c2[nH]1. The molecule has 1 saturated carbocycles. The predicted molar refractivity (Wildman–Crippen MR) is 131 cm³/mol. The average molecular weight is 453 g/mol. The van der Waals surface area contributed by atoms with Crippen LogP contribution >= 0.6 is 0 Å². The van der Waals surface area contributed by atoms with Gasteiger partial charge in [-0.3, -0.25) is 4.79 Å². The van der Waals surface area contributed by atoms with E-state index in [0.717, 1.165) is 46.1 Å². The van der Waals surface area contributed by atoms with Gasteiger partial charge < -0.3 is 26.3 Å². The highest BCUT2D eigenvalue weighted by Crippen LogP contribution is 2.30. The fraction of sp³-hybridized carbons (Fsp3) is 0.200. The molecule has 1 amide bonds. The first kappa shape index (κ1) is 20.4. The van der Waals surface area contributed by atoms with E-state index in [-0.39, 0.29) is 5.91 Å². The number of nitrogen functional groups attached to an aromatic ring is 1. The fourth-order valence-corrected chi connectivity index (χ4v) is 4.29. The molecule has 0 spiro atoms. The van der Waals surface area contributed by atoms with Gasteiger partial charge in [0, 0.05) is 29.2 Å². The van der Waals surface area contributed by atoms with Gasteiger partial charge in [0.05, 0.1) is 18.4 Å². The standard InChI is InChI=1S/C25H24N8O/c26-10-20-9-17-7-16(14-1-3-15(4-2-14)25(34)32-19-5-6-19)8-18(21(17)31-20)11-33-13-30-22-23(27)28-12-29-24(22)33/h1-4,7-9,12-13,19,31H,5-6,10-11,26H2,(H,32,34)(H2,27,28,29). The zero-order valence-electron chi connectivity index (χ0n) is 18.5. The molecule has 1 aliphatic carbocycles. The molecule has 3 aromatic heterocycles. The third kappa shape index (κ3) is 3.65. The molecule has 170 valence electrons. The van der Waals surface area contributed by atoms with Gasteiger partial charge >= 0.3 is 0 Å². The number of hydrogen-bond acceptors (Lipinski definition) is 6. The third-order valence-corrected chi connectivity index (χ3v) is 6.25. The van der Waals surface area contributed by atoms with E-state index in [9.17, 15) is 4.79 Å². The van der Waals surface area contributed by atoms with Crippen LogP contribution in [0.4, 0.5) is 5.82 Å². The van der Waals surface area contributed by atoms with Gasteiger partial charge in [-0.05, 0) is 59.9 Å². The molecule has 6 N–H and O–H groups in total. The topological polar surface area (TPSA) is 141 Å². The summed E-state index contributed by atoms with van der Waals surface area (Å²) in [6, 6.07) is 14.4. The summed E-state index contributed by atoms with van der Waals surface area (Å²) >= 11 is 0. The van der Waals surface area contributed by atoms with Gasteiger partial charge in [0.25, 0.3) is 5.91 Å². The van der Waals surface area contributed by atoms with Gasteiger partial charge in [-0.2, -0.15) is 0 Å². The van der Waals surface area contributed by atoms with Crippen molar-refractivity contribution < 1.29 is 4.79 Å². The lowest BCUT2D eigenvalue weighted by Gasteiger charge is -2.10. The molecule has 34 heavy (non-hydrogen) atoms. The number of nitrogens with two attached hydrogens (primary N) is 2. The first-order valence-electron chi connectivity index (χ1n) is 11.3. The van der Waals surface area contributed by atoms with E-state index >= 15 is 0 Å². The van der Waals surface area contributed by atoms with Crippen molar-refractivity contribution in [2.75, 3.05) is 5.73 Å². The van der Waals surface area contributed by atoms with Crippen LogP contribution < -0.4 is 16.8 Å². The molecule has 9 heteroatoms. The van der Waals surface area contributed by atoms with Crippen LogP contribution in [0.25, 0.3) is 33.2 Å². The number of hydrogen-bond donors (Lipinski definition) is 4. The molecule has 0 unspecified atom stereocenters. The van der Waals surface area contributed by atoms with Crippen molar-refractivity contribution >= 4 is 33.8 Å². The lowest BCUT2D eigenvalue weighted by Crippen LogP contribution is -2.25. The van der Waals surface area contributed by atoms with E-state index in [1.165, 1.54) is 6.33 Å². The highest BCUT2D eigenvalue weighted by atomic mass is 16.1. The van der Waals surface area contributed by atoms with Gasteiger partial charge in [0.15, 0.2) is 11.5 Å². The van der Waals surface area contributed by atoms with Gasteiger partial charge in [-0.25, -0.2) is 15.0 Å². The van der Waals surface area contributed by atoms with Crippen LogP contribution in [0, 0.1) is 0 Å². The minimum atomic E-state index is -0.0170. The summed E-state index contributed by atoms with van der Waals surface area (Å²) in [5.74, 6) is 0.343. The number of nitrogens with zero attached hydrogens (tertiary/aromatic N) is 4. The third-order valence-electron chi connectivity index (χ3n) is 6.25. The average Bonchev–Trinajstić information content (AvgIpc) is 3.41. The number of rotatable bonds is 6. The second-order valence-electron chi connectivity index (χ2n) is 8.73. The summed E-state index contributed by atoms with van der Waals surface area (Å²) in [7, 11) is 0. The van der Waals surface area contributed by atoms with Crippen LogP contribution in [0.5, 0.6) is 0 Å². The summed E-state index contributed by atoms with van der Waals surface area (Å²) in [6.45, 7) is 0.968. The monoisotopic (exact) mass is 452 g/mol. The largest absolute Gasteiger partial charge is 0.382 e. The highest BCUT2D eigenvalue weighted by molar-refractivity contribution is 5.95.